The molecule has 0 aliphatic heterocycles. The number of hydrogen-bond acceptors (Lipinski definition) is 5. The molecule has 4 nitrogen and oxygen atoms in total. The zero-order valence-electron chi connectivity index (χ0n) is 17.2. The molecule has 0 unspecified atom stereocenters. The summed E-state index contributed by atoms with van der Waals surface area (Å²) < 4.78 is 26.0. The number of benzene rings is 1. The lowest BCUT2D eigenvalue weighted by Gasteiger charge is -2.23. The zero-order chi connectivity index (χ0) is 20.8. The lowest BCUT2D eigenvalue weighted by Crippen LogP contribution is -2.15. The van der Waals surface area contributed by atoms with Crippen molar-refractivity contribution >= 4 is 31.4 Å². The lowest BCUT2D eigenvalue weighted by atomic mass is 9.83. The van der Waals surface area contributed by atoms with E-state index in [2.05, 4.69) is 18.8 Å². The highest BCUT2D eigenvalue weighted by Gasteiger charge is 2.18. The number of thiazole rings is 1. The molecular weight excluding hydrogens is 390 g/mol. The van der Waals surface area contributed by atoms with Gasteiger partial charge in [-0.1, -0.05) is 50.3 Å². The van der Waals surface area contributed by atoms with Crippen LogP contribution in [-0.4, -0.2) is 29.9 Å². The van der Waals surface area contributed by atoms with Crippen molar-refractivity contribution in [2.24, 2.45) is 5.41 Å². The fraction of sp³-hybridized carbons (Fsp3) is 0.500. The molecule has 0 spiro atoms. The van der Waals surface area contributed by atoms with Crippen LogP contribution in [0.25, 0.3) is 10.2 Å². The van der Waals surface area contributed by atoms with Crippen LogP contribution in [0.3, 0.4) is 0 Å². The van der Waals surface area contributed by atoms with E-state index >= 15 is 0 Å². The molecule has 0 saturated heterocycles. The van der Waals surface area contributed by atoms with E-state index in [1.165, 1.54) is 11.3 Å². The number of unbranched alkanes of at least 4 members (excludes halogenated alkanes) is 1. The molecule has 1 aromatic carbocycles. The van der Waals surface area contributed by atoms with Gasteiger partial charge in [0.05, 0.1) is 21.6 Å². The molecule has 0 bridgehead atoms. The molecule has 0 fully saturated rings. The highest BCUT2D eigenvalue weighted by molar-refractivity contribution is 7.93. The first-order valence-electron chi connectivity index (χ1n) is 9.62. The van der Waals surface area contributed by atoms with E-state index < -0.39 is 15.4 Å². The third-order valence-electron chi connectivity index (χ3n) is 4.44. The molecule has 2 rings (SSSR count). The van der Waals surface area contributed by atoms with E-state index in [1.54, 1.807) is 19.9 Å². The Morgan fingerprint density at radius 1 is 1.11 bits per heavy atom. The van der Waals surface area contributed by atoms with E-state index in [-0.39, 0.29) is 15.5 Å². The molecule has 0 radical (unpaired) electrons. The van der Waals surface area contributed by atoms with Crippen LogP contribution in [0.15, 0.2) is 52.9 Å². The number of allylic oxidation sites excluding steroid dienone is 2. The van der Waals surface area contributed by atoms with Gasteiger partial charge >= 0.3 is 0 Å². The van der Waals surface area contributed by atoms with Crippen molar-refractivity contribution in [2.75, 3.05) is 5.75 Å². The van der Waals surface area contributed by atoms with Gasteiger partial charge < -0.3 is 5.11 Å². The number of fused-ring (bicyclic) bond motifs is 1. The SMILES string of the molecule is CC(C)(O)/C=C\CC(C)(C)CCC/C=C/CS(=O)(=O)c1nc2ccccc2s1. The number of para-hydroxylation sites is 1. The standard InChI is InChI=1S/C22H31NO3S2/c1-21(2,15-11-16-22(3,4)24)14-9-5-6-10-17-28(25,26)20-23-18-12-7-8-13-19(18)27-20/h6-8,10-13,16,24H,5,9,14-15,17H2,1-4H3/b10-6+,16-11-. The third-order valence-corrected chi connectivity index (χ3v) is 7.54. The fourth-order valence-corrected chi connectivity index (χ4v) is 5.28. The van der Waals surface area contributed by atoms with Gasteiger partial charge in [-0.3, -0.25) is 0 Å². The van der Waals surface area contributed by atoms with E-state index in [1.807, 2.05) is 42.5 Å². The summed E-state index contributed by atoms with van der Waals surface area (Å²) in [5.41, 5.74) is 0.117. The second kappa shape index (κ2) is 9.33. The Morgan fingerprint density at radius 3 is 2.50 bits per heavy atom. The van der Waals surface area contributed by atoms with Gasteiger partial charge in [0.1, 0.15) is 0 Å². The first-order valence-corrected chi connectivity index (χ1v) is 12.1. The van der Waals surface area contributed by atoms with Gasteiger partial charge in [0.15, 0.2) is 0 Å². The topological polar surface area (TPSA) is 67.3 Å². The van der Waals surface area contributed by atoms with Crippen molar-refractivity contribution in [1.29, 1.82) is 0 Å². The molecule has 1 aromatic heterocycles. The van der Waals surface area contributed by atoms with Crippen LogP contribution in [0.4, 0.5) is 0 Å². The smallest absolute Gasteiger partial charge is 0.210 e. The van der Waals surface area contributed by atoms with Gasteiger partial charge in [-0.2, -0.15) is 0 Å². The van der Waals surface area contributed by atoms with Crippen LogP contribution in [-0.2, 0) is 9.84 Å². The zero-order valence-corrected chi connectivity index (χ0v) is 18.8. The van der Waals surface area contributed by atoms with Crippen LogP contribution < -0.4 is 0 Å². The second-order valence-corrected chi connectivity index (χ2v) is 11.8. The highest BCUT2D eigenvalue weighted by atomic mass is 32.2. The predicted octanol–water partition coefficient (Wildman–Crippen LogP) is 5.54. The van der Waals surface area contributed by atoms with Gasteiger partial charge in [-0.05, 0) is 57.1 Å². The minimum atomic E-state index is -3.38. The average Bonchev–Trinajstić information content (AvgIpc) is 3.01. The Hall–Kier alpha value is -1.50. The summed E-state index contributed by atoms with van der Waals surface area (Å²) in [5.74, 6) is -0.00939. The molecule has 1 heterocycles. The molecule has 6 heteroatoms. The maximum absolute atomic E-state index is 12.5. The van der Waals surface area contributed by atoms with Crippen molar-refractivity contribution < 1.29 is 13.5 Å². The normalized spacial score (nSPS) is 13.9. The van der Waals surface area contributed by atoms with E-state index in [0.717, 1.165) is 35.9 Å². The van der Waals surface area contributed by atoms with E-state index in [4.69, 9.17) is 0 Å². The molecule has 0 aliphatic carbocycles. The van der Waals surface area contributed by atoms with Crippen LogP contribution >= 0.6 is 11.3 Å². The van der Waals surface area contributed by atoms with Crippen molar-refractivity contribution in [2.45, 2.75) is 63.3 Å². The van der Waals surface area contributed by atoms with Crippen molar-refractivity contribution in [3.63, 3.8) is 0 Å². The van der Waals surface area contributed by atoms with Crippen LogP contribution in [0.1, 0.15) is 53.4 Å². The number of sulfone groups is 1. The second-order valence-electron chi connectivity index (χ2n) is 8.52. The van der Waals surface area contributed by atoms with E-state index in [0.29, 0.717) is 0 Å². The first kappa shape index (κ1) is 22.8. The summed E-state index contributed by atoms with van der Waals surface area (Å²) in [6.07, 6.45) is 11.4. The largest absolute Gasteiger partial charge is 0.386 e. The monoisotopic (exact) mass is 421 g/mol. The number of aliphatic hydroxyl groups is 1. The van der Waals surface area contributed by atoms with Crippen LogP contribution in [0.5, 0.6) is 0 Å². The summed E-state index contributed by atoms with van der Waals surface area (Å²) >= 11 is 1.23. The third kappa shape index (κ3) is 7.49. The molecule has 28 heavy (non-hydrogen) atoms. The summed E-state index contributed by atoms with van der Waals surface area (Å²) in [5, 5.41) is 9.73. The minimum absolute atomic E-state index is 0.00939. The maximum Gasteiger partial charge on any atom is 0.210 e. The summed E-state index contributed by atoms with van der Waals surface area (Å²) in [4.78, 5) is 4.25. The van der Waals surface area contributed by atoms with Crippen molar-refractivity contribution in [3.8, 4) is 0 Å². The van der Waals surface area contributed by atoms with E-state index in [9.17, 15) is 13.5 Å². The fourth-order valence-electron chi connectivity index (χ4n) is 2.83. The van der Waals surface area contributed by atoms with Crippen LogP contribution in [0.2, 0.25) is 0 Å². The maximum atomic E-state index is 12.5. The molecule has 0 atom stereocenters. The van der Waals surface area contributed by atoms with Crippen molar-refractivity contribution in [1.82, 2.24) is 4.98 Å². The molecule has 2 aromatic rings. The number of hydrogen-bond donors (Lipinski definition) is 1. The summed E-state index contributed by atoms with van der Waals surface area (Å²) in [7, 11) is -3.38. The summed E-state index contributed by atoms with van der Waals surface area (Å²) in [6, 6.07) is 7.47. The quantitative estimate of drug-likeness (QED) is 0.404. The molecule has 0 aliphatic rings. The number of nitrogens with zero attached hydrogens (tertiary/aromatic N) is 1. The van der Waals surface area contributed by atoms with Gasteiger partial charge in [-0.25, -0.2) is 13.4 Å². The van der Waals surface area contributed by atoms with Crippen molar-refractivity contribution in [3.05, 3.63) is 48.6 Å². The van der Waals surface area contributed by atoms with Crippen LogP contribution in [0, 0.1) is 5.41 Å². The molecule has 154 valence electrons. The Morgan fingerprint density at radius 2 is 1.82 bits per heavy atom. The Balaban J connectivity index is 1.79. The number of aromatic nitrogens is 1. The summed E-state index contributed by atoms with van der Waals surface area (Å²) in [6.45, 7) is 7.96. The van der Waals surface area contributed by atoms with Gasteiger partial charge in [-0.15, -0.1) is 11.3 Å². The Bertz CT molecular complexity index is 899. The minimum Gasteiger partial charge on any atom is -0.386 e. The first-order chi connectivity index (χ1) is 13.0. The lowest BCUT2D eigenvalue weighted by molar-refractivity contribution is 0.132. The Kier molecular flexibility index (Phi) is 7.59. The predicted molar refractivity (Wildman–Crippen MR) is 118 cm³/mol. The highest BCUT2D eigenvalue weighted by Crippen LogP contribution is 2.29. The van der Waals surface area contributed by atoms with Gasteiger partial charge in [0, 0.05) is 0 Å². The molecule has 0 saturated carbocycles. The molecule has 0 amide bonds. The molecule has 1 N–H and O–H groups in total. The Labute approximate surface area is 172 Å². The van der Waals surface area contributed by atoms with Gasteiger partial charge in [0.2, 0.25) is 14.2 Å². The molecular formula is C22H31NO3S2. The average molecular weight is 422 g/mol. The van der Waals surface area contributed by atoms with Gasteiger partial charge in [0.25, 0.3) is 0 Å². The number of rotatable bonds is 10.